The van der Waals surface area contributed by atoms with Crippen molar-refractivity contribution in [1.29, 1.82) is 0 Å². The van der Waals surface area contributed by atoms with Gasteiger partial charge in [-0.15, -0.1) is 0 Å². The first-order valence-corrected chi connectivity index (χ1v) is 11.3. The van der Waals surface area contributed by atoms with Gasteiger partial charge in [-0.2, -0.15) is 0 Å². The Hall–Kier alpha value is -4.62. The predicted molar refractivity (Wildman–Crippen MR) is 141 cm³/mol. The second-order valence-electron chi connectivity index (χ2n) is 7.73. The van der Waals surface area contributed by atoms with Gasteiger partial charge < -0.3 is 15.4 Å². The molecule has 36 heavy (non-hydrogen) atoms. The highest BCUT2D eigenvalue weighted by Crippen LogP contribution is 2.27. The molecule has 4 amide bonds. The maximum Gasteiger partial charge on any atom is 0.326 e. The number of anilines is 2. The van der Waals surface area contributed by atoms with Crippen LogP contribution in [0.25, 0.3) is 11.1 Å². The highest BCUT2D eigenvalue weighted by atomic mass is 35.5. The summed E-state index contributed by atoms with van der Waals surface area (Å²) in [5.74, 6) is -0.449. The maximum atomic E-state index is 12.8. The van der Waals surface area contributed by atoms with Crippen molar-refractivity contribution in [2.45, 2.75) is 0 Å². The lowest BCUT2D eigenvalue weighted by molar-refractivity contribution is 0.0965. The number of hydrogen-bond acceptors (Lipinski definition) is 4. The average molecular weight is 500 g/mol. The number of amides is 4. The van der Waals surface area contributed by atoms with E-state index in [4.69, 9.17) is 16.3 Å². The van der Waals surface area contributed by atoms with Crippen molar-refractivity contribution in [3.8, 4) is 16.9 Å². The van der Waals surface area contributed by atoms with Crippen LogP contribution in [0.2, 0.25) is 5.02 Å². The van der Waals surface area contributed by atoms with Gasteiger partial charge in [-0.05, 0) is 59.7 Å². The second-order valence-corrected chi connectivity index (χ2v) is 8.14. The van der Waals surface area contributed by atoms with E-state index in [2.05, 4.69) is 16.0 Å². The molecule has 4 aromatic rings. The summed E-state index contributed by atoms with van der Waals surface area (Å²) in [6.45, 7) is 0. The Bertz CT molecular complexity index is 1410. The smallest absolute Gasteiger partial charge is 0.326 e. The molecule has 0 saturated carbocycles. The molecular formula is C28H22ClN3O4. The minimum Gasteiger partial charge on any atom is -0.497 e. The van der Waals surface area contributed by atoms with Crippen LogP contribution >= 0.6 is 11.6 Å². The van der Waals surface area contributed by atoms with E-state index >= 15 is 0 Å². The topological polar surface area (TPSA) is 96.5 Å². The van der Waals surface area contributed by atoms with Gasteiger partial charge in [0.2, 0.25) is 0 Å². The standard InChI is InChI=1S/C28H22ClN3O4/c1-36-23-9-5-8-21(16-23)27(34)32-28(35)30-22-14-15-24(29)25(17-22)31-26(33)20-12-10-19(11-13-20)18-6-3-2-4-7-18/h2-17H,1H3,(H,31,33)(H2,30,32,34,35). The first kappa shape index (κ1) is 24.5. The Kier molecular flexibility index (Phi) is 7.63. The highest BCUT2D eigenvalue weighted by Gasteiger charge is 2.14. The van der Waals surface area contributed by atoms with Gasteiger partial charge in [0, 0.05) is 16.8 Å². The van der Waals surface area contributed by atoms with Gasteiger partial charge in [0.1, 0.15) is 5.75 Å². The predicted octanol–water partition coefficient (Wildman–Crippen LogP) is 6.23. The van der Waals surface area contributed by atoms with E-state index in [1.165, 1.54) is 25.3 Å². The summed E-state index contributed by atoms with van der Waals surface area (Å²) < 4.78 is 5.09. The summed E-state index contributed by atoms with van der Waals surface area (Å²) in [6, 6.07) is 27.3. The molecule has 0 unspecified atom stereocenters. The normalized spacial score (nSPS) is 10.3. The van der Waals surface area contributed by atoms with Crippen molar-refractivity contribution in [2.75, 3.05) is 17.7 Å². The zero-order valence-electron chi connectivity index (χ0n) is 19.2. The van der Waals surface area contributed by atoms with Gasteiger partial charge >= 0.3 is 6.03 Å². The number of imide groups is 1. The van der Waals surface area contributed by atoms with E-state index in [1.54, 1.807) is 36.4 Å². The van der Waals surface area contributed by atoms with Crippen LogP contribution in [0.3, 0.4) is 0 Å². The molecule has 4 rings (SSSR count). The Morgan fingerprint density at radius 2 is 1.42 bits per heavy atom. The first-order chi connectivity index (χ1) is 17.4. The molecule has 4 aromatic carbocycles. The molecule has 8 heteroatoms. The van der Waals surface area contributed by atoms with Crippen LogP contribution in [-0.4, -0.2) is 25.0 Å². The van der Waals surface area contributed by atoms with Crippen LogP contribution < -0.4 is 20.7 Å². The number of nitrogens with one attached hydrogen (secondary N) is 3. The molecule has 0 spiro atoms. The van der Waals surface area contributed by atoms with Crippen LogP contribution in [0.4, 0.5) is 16.2 Å². The molecule has 0 bridgehead atoms. The lowest BCUT2D eigenvalue weighted by atomic mass is 10.0. The third kappa shape index (κ3) is 6.08. The SMILES string of the molecule is COc1cccc(C(=O)NC(=O)Nc2ccc(Cl)c(NC(=O)c3ccc(-c4ccccc4)cc3)c2)c1. The monoisotopic (exact) mass is 499 g/mol. The van der Waals surface area contributed by atoms with E-state index in [1.807, 2.05) is 42.5 Å². The molecule has 0 aromatic heterocycles. The van der Waals surface area contributed by atoms with Gasteiger partial charge in [-0.1, -0.05) is 60.1 Å². The first-order valence-electron chi connectivity index (χ1n) is 11.0. The lowest BCUT2D eigenvalue weighted by Crippen LogP contribution is -2.34. The molecule has 7 nitrogen and oxygen atoms in total. The zero-order chi connectivity index (χ0) is 25.5. The molecule has 0 heterocycles. The fraction of sp³-hybridized carbons (Fsp3) is 0.0357. The van der Waals surface area contributed by atoms with Crippen LogP contribution in [-0.2, 0) is 0 Å². The molecule has 0 aliphatic rings. The van der Waals surface area contributed by atoms with Gasteiger partial charge in [0.15, 0.2) is 0 Å². The van der Waals surface area contributed by atoms with Crippen molar-refractivity contribution in [3.63, 3.8) is 0 Å². The van der Waals surface area contributed by atoms with Gasteiger partial charge in [0.05, 0.1) is 17.8 Å². The minimum atomic E-state index is -0.737. The van der Waals surface area contributed by atoms with Crippen LogP contribution in [0.5, 0.6) is 5.75 Å². The number of urea groups is 1. The Morgan fingerprint density at radius 3 is 2.14 bits per heavy atom. The second kappa shape index (κ2) is 11.2. The summed E-state index contributed by atoms with van der Waals surface area (Å²) in [5, 5.41) is 7.87. The number of carbonyl (C=O) groups is 3. The van der Waals surface area contributed by atoms with Crippen LogP contribution in [0.15, 0.2) is 97.1 Å². The van der Waals surface area contributed by atoms with Gasteiger partial charge in [0.25, 0.3) is 11.8 Å². The molecule has 180 valence electrons. The fourth-order valence-corrected chi connectivity index (χ4v) is 3.60. The van der Waals surface area contributed by atoms with Gasteiger partial charge in [-0.25, -0.2) is 4.79 Å². The van der Waals surface area contributed by atoms with E-state index in [-0.39, 0.29) is 11.5 Å². The molecule has 0 aliphatic heterocycles. The lowest BCUT2D eigenvalue weighted by Gasteiger charge is -2.12. The van der Waals surface area contributed by atoms with Crippen molar-refractivity contribution >= 4 is 40.8 Å². The van der Waals surface area contributed by atoms with E-state index in [0.29, 0.717) is 27.7 Å². The van der Waals surface area contributed by atoms with E-state index in [9.17, 15) is 14.4 Å². The Morgan fingerprint density at radius 1 is 0.694 bits per heavy atom. The molecule has 0 atom stereocenters. The van der Waals surface area contributed by atoms with E-state index in [0.717, 1.165) is 11.1 Å². The Balaban J connectivity index is 1.40. The maximum absolute atomic E-state index is 12.8. The number of carbonyl (C=O) groups excluding carboxylic acids is 3. The van der Waals surface area contributed by atoms with Crippen molar-refractivity contribution in [2.24, 2.45) is 0 Å². The fourth-order valence-electron chi connectivity index (χ4n) is 3.44. The number of methoxy groups -OCH3 is 1. The summed E-state index contributed by atoms with van der Waals surface area (Å²) in [5.41, 5.74) is 3.41. The van der Waals surface area contributed by atoms with E-state index < -0.39 is 11.9 Å². The minimum absolute atomic E-state index is 0.270. The number of hydrogen-bond donors (Lipinski definition) is 3. The van der Waals surface area contributed by atoms with Crippen molar-refractivity contribution in [3.05, 3.63) is 113 Å². The summed E-state index contributed by atoms with van der Waals surface area (Å²) >= 11 is 6.25. The molecule has 0 aliphatic carbocycles. The van der Waals surface area contributed by atoms with Crippen LogP contribution in [0.1, 0.15) is 20.7 Å². The number of benzene rings is 4. The average Bonchev–Trinajstić information content (AvgIpc) is 2.91. The molecule has 3 N–H and O–H groups in total. The third-order valence-electron chi connectivity index (χ3n) is 5.29. The largest absolute Gasteiger partial charge is 0.497 e. The van der Waals surface area contributed by atoms with Crippen LogP contribution in [0, 0.1) is 0 Å². The van der Waals surface area contributed by atoms with Gasteiger partial charge in [-0.3, -0.25) is 14.9 Å². The summed E-state index contributed by atoms with van der Waals surface area (Å²) in [7, 11) is 1.49. The molecule has 0 fully saturated rings. The summed E-state index contributed by atoms with van der Waals surface area (Å²) in [4.78, 5) is 37.5. The highest BCUT2D eigenvalue weighted by molar-refractivity contribution is 6.34. The summed E-state index contributed by atoms with van der Waals surface area (Å²) in [6.07, 6.45) is 0. The quantitative estimate of drug-likeness (QED) is 0.293. The van der Waals surface area contributed by atoms with Crippen molar-refractivity contribution < 1.29 is 19.1 Å². The number of ether oxygens (including phenoxy) is 1. The number of halogens is 1. The molecule has 0 radical (unpaired) electrons. The van der Waals surface area contributed by atoms with Crippen molar-refractivity contribution in [1.82, 2.24) is 5.32 Å². The third-order valence-corrected chi connectivity index (χ3v) is 5.62. The molecule has 0 saturated heterocycles. The molecular weight excluding hydrogens is 478 g/mol. The number of rotatable bonds is 6. The Labute approximate surface area is 213 Å². The zero-order valence-corrected chi connectivity index (χ0v) is 20.0.